The van der Waals surface area contributed by atoms with Gasteiger partial charge in [0.05, 0.1) is 6.20 Å². The van der Waals surface area contributed by atoms with Gasteiger partial charge in [0.2, 0.25) is 0 Å². The van der Waals surface area contributed by atoms with Gasteiger partial charge in [0.1, 0.15) is 6.33 Å². The minimum atomic E-state index is 1.07. The second-order valence-electron chi connectivity index (χ2n) is 2.44. The van der Waals surface area contributed by atoms with Crippen LogP contribution < -0.4 is 0 Å². The summed E-state index contributed by atoms with van der Waals surface area (Å²) in [6, 6.07) is 9.86. The van der Waals surface area contributed by atoms with Crippen molar-refractivity contribution in [3.05, 3.63) is 48.4 Å². The minimum Gasteiger partial charge on any atom is -0.198 e. The van der Waals surface area contributed by atoms with Crippen LogP contribution in [0.5, 0.6) is 0 Å². The van der Waals surface area contributed by atoms with E-state index in [1.54, 1.807) is 0 Å². The van der Waals surface area contributed by atoms with E-state index in [0.717, 1.165) is 5.56 Å². The molecule has 4 nitrogen and oxygen atoms in total. The van der Waals surface area contributed by atoms with Crippen LogP contribution in [0.4, 0.5) is 0 Å². The highest BCUT2D eigenvalue weighted by Gasteiger charge is 1.86. The van der Waals surface area contributed by atoms with E-state index in [1.165, 1.54) is 11.0 Å². The molecule has 0 N–H and O–H groups in total. The lowest BCUT2D eigenvalue weighted by atomic mass is 10.2. The van der Waals surface area contributed by atoms with Crippen LogP contribution in [0.3, 0.4) is 0 Å². The molecule has 2 rings (SSSR count). The Morgan fingerprint density at radius 1 is 1.23 bits per heavy atom. The topological polar surface area (TPSA) is 43.6 Å². The molecule has 0 bridgehead atoms. The molecular weight excluding hydrogens is 164 g/mol. The summed E-state index contributed by atoms with van der Waals surface area (Å²) in [6.45, 7) is 0. The van der Waals surface area contributed by atoms with Crippen molar-refractivity contribution in [1.82, 2.24) is 20.2 Å². The Morgan fingerprint density at radius 2 is 2.08 bits per heavy atom. The first-order valence-corrected chi connectivity index (χ1v) is 3.83. The first-order valence-electron chi connectivity index (χ1n) is 3.83. The number of aromatic nitrogens is 4. The number of hydrogen-bond donors (Lipinski definition) is 0. The molecule has 1 aromatic carbocycles. The van der Waals surface area contributed by atoms with Gasteiger partial charge < -0.3 is 0 Å². The standard InChI is InChI=1S/C9H7N4/c1-2-4-9(5-3-1)6-7-13-8-10-11-12-13/h1-6,8H. The normalized spacial score (nSPS) is 10.8. The van der Waals surface area contributed by atoms with Crippen LogP contribution in [0.15, 0.2) is 36.7 Å². The van der Waals surface area contributed by atoms with Crippen molar-refractivity contribution in [2.24, 2.45) is 0 Å². The third kappa shape index (κ3) is 1.99. The molecule has 13 heavy (non-hydrogen) atoms. The van der Waals surface area contributed by atoms with E-state index in [2.05, 4.69) is 21.7 Å². The van der Waals surface area contributed by atoms with Gasteiger partial charge >= 0.3 is 0 Å². The van der Waals surface area contributed by atoms with Crippen LogP contribution in [0.1, 0.15) is 5.56 Å². The summed E-state index contributed by atoms with van der Waals surface area (Å²) < 4.78 is 1.42. The van der Waals surface area contributed by atoms with Gasteiger partial charge in [-0.1, -0.05) is 30.3 Å². The molecule has 0 amide bonds. The van der Waals surface area contributed by atoms with Crippen molar-refractivity contribution < 1.29 is 0 Å². The molecule has 0 aliphatic carbocycles. The molecule has 0 aliphatic heterocycles. The fraction of sp³-hybridized carbons (Fsp3) is 0. The zero-order chi connectivity index (χ0) is 8.93. The molecule has 0 atom stereocenters. The zero-order valence-corrected chi connectivity index (χ0v) is 6.83. The monoisotopic (exact) mass is 171 g/mol. The average Bonchev–Trinajstić information content (AvgIpc) is 2.69. The second-order valence-corrected chi connectivity index (χ2v) is 2.44. The molecule has 1 heterocycles. The Labute approximate surface area is 75.5 Å². The Kier molecular flexibility index (Phi) is 2.14. The van der Waals surface area contributed by atoms with Gasteiger partial charge in [0, 0.05) is 0 Å². The molecule has 1 radical (unpaired) electrons. The second kappa shape index (κ2) is 3.62. The van der Waals surface area contributed by atoms with E-state index in [4.69, 9.17) is 0 Å². The maximum Gasteiger partial charge on any atom is 0.143 e. The molecule has 0 saturated carbocycles. The van der Waals surface area contributed by atoms with Crippen molar-refractivity contribution in [2.45, 2.75) is 0 Å². The predicted octanol–water partition coefficient (Wildman–Crippen LogP) is 0.995. The van der Waals surface area contributed by atoms with E-state index < -0.39 is 0 Å². The summed E-state index contributed by atoms with van der Waals surface area (Å²) in [5.74, 6) is 0. The number of nitrogens with zero attached hydrogens (tertiary/aromatic N) is 4. The van der Waals surface area contributed by atoms with Crippen LogP contribution in [0, 0.1) is 6.20 Å². The fourth-order valence-corrected chi connectivity index (χ4v) is 0.910. The smallest absolute Gasteiger partial charge is 0.143 e. The van der Waals surface area contributed by atoms with Crippen molar-refractivity contribution in [3.63, 3.8) is 0 Å². The van der Waals surface area contributed by atoms with Crippen molar-refractivity contribution in [2.75, 3.05) is 0 Å². The minimum absolute atomic E-state index is 1.07. The van der Waals surface area contributed by atoms with Crippen LogP contribution >= 0.6 is 0 Å². The maximum atomic E-state index is 3.64. The highest BCUT2D eigenvalue weighted by atomic mass is 15.5. The quantitative estimate of drug-likeness (QED) is 0.676. The average molecular weight is 171 g/mol. The van der Waals surface area contributed by atoms with Crippen LogP contribution in [0.25, 0.3) is 6.08 Å². The van der Waals surface area contributed by atoms with Gasteiger partial charge in [-0.05, 0) is 22.1 Å². The predicted molar refractivity (Wildman–Crippen MR) is 47.4 cm³/mol. The summed E-state index contributed by atoms with van der Waals surface area (Å²) in [7, 11) is 0. The van der Waals surface area contributed by atoms with E-state index >= 15 is 0 Å². The molecule has 0 fully saturated rings. The number of rotatable bonds is 2. The molecule has 4 heteroatoms. The zero-order valence-electron chi connectivity index (χ0n) is 6.83. The van der Waals surface area contributed by atoms with Gasteiger partial charge in [-0.25, -0.2) is 0 Å². The molecule has 0 aliphatic rings. The summed E-state index contributed by atoms with van der Waals surface area (Å²) in [4.78, 5) is 0. The third-order valence-electron chi connectivity index (χ3n) is 1.51. The van der Waals surface area contributed by atoms with E-state index in [9.17, 15) is 0 Å². The first-order chi connectivity index (χ1) is 6.45. The molecule has 0 unspecified atom stereocenters. The molecule has 0 saturated heterocycles. The Morgan fingerprint density at radius 3 is 2.77 bits per heavy atom. The van der Waals surface area contributed by atoms with Gasteiger partial charge in [0.15, 0.2) is 0 Å². The molecule has 1 aromatic heterocycles. The van der Waals surface area contributed by atoms with Gasteiger partial charge in [-0.3, -0.25) is 0 Å². The van der Waals surface area contributed by atoms with Crippen LogP contribution in [-0.4, -0.2) is 20.2 Å². The SMILES string of the molecule is [C](=C\c1ccccc1)/n1cnnn1. The van der Waals surface area contributed by atoms with E-state index in [0.29, 0.717) is 0 Å². The molecule has 63 valence electrons. The summed E-state index contributed by atoms with van der Waals surface area (Å²) >= 11 is 0. The van der Waals surface area contributed by atoms with E-state index in [-0.39, 0.29) is 0 Å². The van der Waals surface area contributed by atoms with Gasteiger partial charge in [-0.15, -0.1) is 5.10 Å². The van der Waals surface area contributed by atoms with Crippen LogP contribution in [0.2, 0.25) is 0 Å². The molecular formula is C9H7N4. The third-order valence-corrected chi connectivity index (χ3v) is 1.51. The van der Waals surface area contributed by atoms with Crippen LogP contribution in [-0.2, 0) is 0 Å². The van der Waals surface area contributed by atoms with Crippen molar-refractivity contribution in [1.29, 1.82) is 0 Å². The highest BCUT2D eigenvalue weighted by molar-refractivity contribution is 5.46. The first kappa shape index (κ1) is 7.67. The molecule has 2 aromatic rings. The van der Waals surface area contributed by atoms with Crippen molar-refractivity contribution in [3.8, 4) is 0 Å². The summed E-state index contributed by atoms with van der Waals surface area (Å²) in [5.41, 5.74) is 1.07. The fourth-order valence-electron chi connectivity index (χ4n) is 0.910. The summed E-state index contributed by atoms with van der Waals surface area (Å²) in [6.07, 6.45) is 6.20. The molecule has 0 spiro atoms. The van der Waals surface area contributed by atoms with Crippen molar-refractivity contribution >= 4 is 6.08 Å². The number of hydrogen-bond acceptors (Lipinski definition) is 3. The van der Waals surface area contributed by atoms with Gasteiger partial charge in [-0.2, -0.15) is 4.68 Å². The largest absolute Gasteiger partial charge is 0.198 e. The lowest BCUT2D eigenvalue weighted by Gasteiger charge is -1.89. The Bertz CT molecular complexity index is 377. The van der Waals surface area contributed by atoms with E-state index in [1.807, 2.05) is 36.4 Å². The highest BCUT2D eigenvalue weighted by Crippen LogP contribution is 1.99. The van der Waals surface area contributed by atoms with Gasteiger partial charge in [0.25, 0.3) is 0 Å². The summed E-state index contributed by atoms with van der Waals surface area (Å²) in [5, 5.41) is 10.6. The Hall–Kier alpha value is -1.97. The Balaban J connectivity index is 2.15. The number of tetrazole rings is 1. The lowest BCUT2D eigenvalue weighted by Crippen LogP contribution is -1.88. The number of benzene rings is 1. The lowest BCUT2D eigenvalue weighted by molar-refractivity contribution is 0.776. The maximum absolute atomic E-state index is 3.64.